The van der Waals surface area contributed by atoms with Crippen LogP contribution in [0.15, 0.2) is 18.5 Å². The number of carbonyl (C=O) groups excluding carboxylic acids is 1. The average molecular weight is 256 g/mol. The molecule has 1 aromatic heterocycles. The van der Waals surface area contributed by atoms with E-state index in [1.807, 2.05) is 13.8 Å². The molecule has 0 saturated heterocycles. The first kappa shape index (κ1) is 13.9. The second-order valence-electron chi connectivity index (χ2n) is 4.00. The smallest absolute Gasteiger partial charge is 0.253 e. The molecule has 0 bridgehead atoms. The van der Waals surface area contributed by atoms with E-state index in [0.29, 0.717) is 17.1 Å². The number of rotatable bonds is 5. The van der Waals surface area contributed by atoms with Crippen molar-refractivity contribution >= 4 is 17.5 Å². The van der Waals surface area contributed by atoms with Crippen molar-refractivity contribution in [3.8, 4) is 0 Å². The van der Waals surface area contributed by atoms with Crippen molar-refractivity contribution < 1.29 is 4.79 Å². The molecule has 0 aliphatic rings. The SMILES string of the molecule is CCC(CC)(CN)NC(=O)c1ccncc1Cl. The lowest BCUT2D eigenvalue weighted by atomic mass is 9.92. The van der Waals surface area contributed by atoms with Gasteiger partial charge in [0.2, 0.25) is 0 Å². The predicted molar refractivity (Wildman–Crippen MR) is 69.1 cm³/mol. The van der Waals surface area contributed by atoms with E-state index in [1.165, 1.54) is 6.20 Å². The molecule has 0 aliphatic heterocycles. The van der Waals surface area contributed by atoms with Crippen LogP contribution in [0.25, 0.3) is 0 Å². The third-order valence-corrected chi connectivity index (χ3v) is 3.44. The van der Waals surface area contributed by atoms with Crippen molar-refractivity contribution in [2.45, 2.75) is 32.2 Å². The zero-order chi connectivity index (χ0) is 12.9. The first-order valence-electron chi connectivity index (χ1n) is 5.70. The van der Waals surface area contributed by atoms with Crippen molar-refractivity contribution in [1.82, 2.24) is 10.3 Å². The van der Waals surface area contributed by atoms with Gasteiger partial charge in [0.25, 0.3) is 5.91 Å². The van der Waals surface area contributed by atoms with Crippen molar-refractivity contribution in [2.75, 3.05) is 6.54 Å². The molecule has 3 N–H and O–H groups in total. The van der Waals surface area contributed by atoms with Crippen LogP contribution in [0, 0.1) is 0 Å². The van der Waals surface area contributed by atoms with Gasteiger partial charge in [-0.1, -0.05) is 25.4 Å². The van der Waals surface area contributed by atoms with Crippen LogP contribution in [0.3, 0.4) is 0 Å². The standard InChI is InChI=1S/C12H18ClN3O/c1-3-12(4-2,8-14)16-11(17)9-5-6-15-7-10(9)13/h5-7H,3-4,8,14H2,1-2H3,(H,16,17). The molecule has 1 amide bonds. The van der Waals surface area contributed by atoms with Gasteiger partial charge >= 0.3 is 0 Å². The van der Waals surface area contributed by atoms with Gasteiger partial charge in [0.1, 0.15) is 0 Å². The van der Waals surface area contributed by atoms with E-state index < -0.39 is 0 Å². The molecule has 0 unspecified atom stereocenters. The van der Waals surface area contributed by atoms with Crippen LogP contribution >= 0.6 is 11.6 Å². The van der Waals surface area contributed by atoms with Crippen LogP contribution in [0.4, 0.5) is 0 Å². The Morgan fingerprint density at radius 2 is 2.18 bits per heavy atom. The molecule has 1 heterocycles. The molecule has 5 heteroatoms. The zero-order valence-corrected chi connectivity index (χ0v) is 10.9. The number of hydrogen-bond donors (Lipinski definition) is 2. The van der Waals surface area contributed by atoms with Crippen molar-refractivity contribution in [3.05, 3.63) is 29.0 Å². The number of carbonyl (C=O) groups is 1. The van der Waals surface area contributed by atoms with Crippen LogP contribution in [-0.2, 0) is 0 Å². The monoisotopic (exact) mass is 255 g/mol. The zero-order valence-electron chi connectivity index (χ0n) is 10.2. The Kier molecular flexibility index (Phi) is 4.90. The second kappa shape index (κ2) is 5.98. The Labute approximate surface area is 107 Å². The molecule has 0 aromatic carbocycles. The number of nitrogens with zero attached hydrogens (tertiary/aromatic N) is 1. The quantitative estimate of drug-likeness (QED) is 0.845. The summed E-state index contributed by atoms with van der Waals surface area (Å²) in [6.45, 7) is 4.42. The Balaban J connectivity index is 2.89. The molecule has 94 valence electrons. The number of hydrogen-bond acceptors (Lipinski definition) is 3. The van der Waals surface area contributed by atoms with Crippen molar-refractivity contribution in [2.24, 2.45) is 5.73 Å². The molecule has 0 fully saturated rings. The lowest BCUT2D eigenvalue weighted by Gasteiger charge is -2.31. The van der Waals surface area contributed by atoms with Gasteiger partial charge in [-0.3, -0.25) is 9.78 Å². The second-order valence-corrected chi connectivity index (χ2v) is 4.41. The van der Waals surface area contributed by atoms with Crippen LogP contribution < -0.4 is 11.1 Å². The molecule has 0 spiro atoms. The fourth-order valence-corrected chi connectivity index (χ4v) is 1.84. The number of nitrogens with two attached hydrogens (primary N) is 1. The van der Waals surface area contributed by atoms with E-state index in [4.69, 9.17) is 17.3 Å². The summed E-state index contributed by atoms with van der Waals surface area (Å²) in [7, 11) is 0. The van der Waals surface area contributed by atoms with Gasteiger partial charge < -0.3 is 11.1 Å². The first-order valence-corrected chi connectivity index (χ1v) is 6.08. The summed E-state index contributed by atoms with van der Waals surface area (Å²) < 4.78 is 0. The summed E-state index contributed by atoms with van der Waals surface area (Å²) in [5.41, 5.74) is 5.81. The number of amides is 1. The molecule has 4 nitrogen and oxygen atoms in total. The maximum atomic E-state index is 12.1. The third kappa shape index (κ3) is 3.17. The van der Waals surface area contributed by atoms with E-state index in [1.54, 1.807) is 12.3 Å². The number of halogens is 1. The number of nitrogens with one attached hydrogen (secondary N) is 1. The molecule has 1 rings (SSSR count). The first-order chi connectivity index (χ1) is 8.08. The Bertz CT molecular complexity index is 383. The minimum Gasteiger partial charge on any atom is -0.345 e. The predicted octanol–water partition coefficient (Wildman–Crippen LogP) is 1.98. The van der Waals surface area contributed by atoms with Gasteiger partial charge in [-0.15, -0.1) is 0 Å². The van der Waals surface area contributed by atoms with Crippen LogP contribution in [0.5, 0.6) is 0 Å². The lowest BCUT2D eigenvalue weighted by Crippen LogP contribution is -2.52. The number of aromatic nitrogens is 1. The topological polar surface area (TPSA) is 68.0 Å². The van der Waals surface area contributed by atoms with E-state index in [9.17, 15) is 4.79 Å². The summed E-state index contributed by atoms with van der Waals surface area (Å²) in [4.78, 5) is 15.9. The van der Waals surface area contributed by atoms with Gasteiger partial charge in [-0.2, -0.15) is 0 Å². The van der Waals surface area contributed by atoms with Crippen molar-refractivity contribution in [3.63, 3.8) is 0 Å². The molecule has 0 atom stereocenters. The molecule has 0 radical (unpaired) electrons. The van der Waals surface area contributed by atoms with Gasteiger partial charge in [-0.25, -0.2) is 0 Å². The fourth-order valence-electron chi connectivity index (χ4n) is 1.63. The minimum atomic E-state index is -0.357. The summed E-state index contributed by atoms with van der Waals surface area (Å²) >= 11 is 5.92. The van der Waals surface area contributed by atoms with Gasteiger partial charge in [-0.05, 0) is 18.9 Å². The highest BCUT2D eigenvalue weighted by Gasteiger charge is 2.27. The van der Waals surface area contributed by atoms with E-state index in [2.05, 4.69) is 10.3 Å². The Hall–Kier alpha value is -1.13. The number of pyridine rings is 1. The molecule has 0 saturated carbocycles. The van der Waals surface area contributed by atoms with E-state index in [0.717, 1.165) is 12.8 Å². The van der Waals surface area contributed by atoms with E-state index in [-0.39, 0.29) is 11.4 Å². The fraction of sp³-hybridized carbons (Fsp3) is 0.500. The summed E-state index contributed by atoms with van der Waals surface area (Å²) in [5, 5.41) is 3.31. The highest BCUT2D eigenvalue weighted by Crippen LogP contribution is 2.17. The normalized spacial score (nSPS) is 11.3. The van der Waals surface area contributed by atoms with Crippen LogP contribution in [0.1, 0.15) is 37.0 Å². The largest absolute Gasteiger partial charge is 0.345 e. The van der Waals surface area contributed by atoms with Gasteiger partial charge in [0, 0.05) is 18.9 Å². The third-order valence-electron chi connectivity index (χ3n) is 3.14. The lowest BCUT2D eigenvalue weighted by molar-refractivity contribution is 0.0895. The maximum Gasteiger partial charge on any atom is 0.253 e. The highest BCUT2D eigenvalue weighted by atomic mass is 35.5. The van der Waals surface area contributed by atoms with Gasteiger partial charge in [0.15, 0.2) is 0 Å². The van der Waals surface area contributed by atoms with Gasteiger partial charge in [0.05, 0.1) is 16.1 Å². The molecule has 1 aromatic rings. The van der Waals surface area contributed by atoms with Crippen LogP contribution in [0.2, 0.25) is 5.02 Å². The molecular weight excluding hydrogens is 238 g/mol. The summed E-state index contributed by atoms with van der Waals surface area (Å²) in [6.07, 6.45) is 4.57. The average Bonchev–Trinajstić information content (AvgIpc) is 2.36. The minimum absolute atomic E-state index is 0.202. The van der Waals surface area contributed by atoms with E-state index >= 15 is 0 Å². The summed E-state index contributed by atoms with van der Waals surface area (Å²) in [6, 6.07) is 1.60. The Morgan fingerprint density at radius 3 is 2.65 bits per heavy atom. The molecule has 0 aliphatic carbocycles. The van der Waals surface area contributed by atoms with Crippen molar-refractivity contribution in [1.29, 1.82) is 0 Å². The Morgan fingerprint density at radius 1 is 1.53 bits per heavy atom. The summed E-state index contributed by atoms with van der Waals surface area (Å²) in [5.74, 6) is -0.202. The van der Waals surface area contributed by atoms with Crippen LogP contribution in [-0.4, -0.2) is 23.0 Å². The maximum absolute atomic E-state index is 12.1. The molecular formula is C12H18ClN3O. The molecule has 17 heavy (non-hydrogen) atoms. The highest BCUT2D eigenvalue weighted by molar-refractivity contribution is 6.33.